The summed E-state index contributed by atoms with van der Waals surface area (Å²) in [4.78, 5) is 2.84. The molecule has 36 heavy (non-hydrogen) atoms. The number of piperidine rings is 1. The van der Waals surface area contributed by atoms with E-state index in [-0.39, 0.29) is 34.0 Å². The number of aliphatic hydroxyl groups is 1. The van der Waals surface area contributed by atoms with E-state index in [1.54, 1.807) is 0 Å². The number of ether oxygens (including phenoxy) is 2. The van der Waals surface area contributed by atoms with E-state index in [1.165, 1.54) is 30.5 Å². The molecule has 0 unspecified atom stereocenters. The summed E-state index contributed by atoms with van der Waals surface area (Å²) in [6.45, 7) is 13.3. The van der Waals surface area contributed by atoms with Gasteiger partial charge in [-0.1, -0.05) is 33.8 Å². The number of aromatic hydroxyl groups is 1. The second kappa shape index (κ2) is 7.01. The van der Waals surface area contributed by atoms with Crippen molar-refractivity contribution in [1.29, 1.82) is 0 Å². The first-order valence-corrected chi connectivity index (χ1v) is 14.4. The first-order valence-electron chi connectivity index (χ1n) is 14.4. The summed E-state index contributed by atoms with van der Waals surface area (Å²) in [7, 11) is 1.85. The molecule has 198 valence electrons. The summed E-state index contributed by atoms with van der Waals surface area (Å²) in [5, 5.41) is 23.5. The van der Waals surface area contributed by atoms with Gasteiger partial charge in [-0.05, 0) is 87.3 Å². The second-order valence-corrected chi connectivity index (χ2v) is 14.8. The van der Waals surface area contributed by atoms with E-state index in [0.717, 1.165) is 44.6 Å². The number of benzene rings is 1. The summed E-state index contributed by atoms with van der Waals surface area (Å²) in [6.07, 6.45) is 7.58. The zero-order valence-electron chi connectivity index (χ0n) is 23.1. The highest BCUT2D eigenvalue weighted by Crippen LogP contribution is 2.77. The lowest BCUT2D eigenvalue weighted by molar-refractivity contribution is -0.271. The van der Waals surface area contributed by atoms with Gasteiger partial charge < -0.3 is 19.7 Å². The quantitative estimate of drug-likeness (QED) is 0.612. The summed E-state index contributed by atoms with van der Waals surface area (Å²) >= 11 is 0. The van der Waals surface area contributed by atoms with Crippen molar-refractivity contribution in [3.63, 3.8) is 0 Å². The molecule has 0 amide bonds. The Labute approximate surface area is 216 Å². The van der Waals surface area contributed by atoms with Gasteiger partial charge in [-0.25, -0.2) is 0 Å². The minimum absolute atomic E-state index is 0.00525. The van der Waals surface area contributed by atoms with E-state index >= 15 is 0 Å². The first kappa shape index (κ1) is 23.8. The van der Waals surface area contributed by atoms with Crippen LogP contribution in [0.2, 0.25) is 0 Å². The Morgan fingerprint density at radius 1 is 1.14 bits per heavy atom. The van der Waals surface area contributed by atoms with Crippen LogP contribution in [0.1, 0.15) is 84.3 Å². The van der Waals surface area contributed by atoms with Crippen LogP contribution in [0, 0.1) is 28.6 Å². The minimum atomic E-state index is -0.933. The number of fused-ring (bicyclic) bond motifs is 3. The molecule has 1 aromatic rings. The van der Waals surface area contributed by atoms with E-state index in [2.05, 4.69) is 45.6 Å². The van der Waals surface area contributed by atoms with Crippen molar-refractivity contribution >= 4 is 0 Å². The van der Waals surface area contributed by atoms with Crippen LogP contribution in [0.25, 0.3) is 0 Å². The average molecular weight is 496 g/mol. The molecule has 8 atom stereocenters. The van der Waals surface area contributed by atoms with Gasteiger partial charge >= 0.3 is 0 Å². The van der Waals surface area contributed by atoms with Crippen LogP contribution in [0.3, 0.4) is 0 Å². The maximum Gasteiger partial charge on any atom is 0.165 e. The zero-order chi connectivity index (χ0) is 25.5. The largest absolute Gasteiger partial charge is 0.504 e. The molecule has 2 aliphatic heterocycles. The number of hydrogen-bond donors (Lipinski definition) is 2. The topological polar surface area (TPSA) is 62.2 Å². The highest BCUT2D eigenvalue weighted by molar-refractivity contribution is 5.63. The maximum atomic E-state index is 12.4. The van der Waals surface area contributed by atoms with Crippen LogP contribution in [0.4, 0.5) is 0 Å². The fourth-order valence-corrected chi connectivity index (χ4v) is 10.2. The smallest absolute Gasteiger partial charge is 0.165 e. The number of nitrogens with zero attached hydrogens (tertiary/aromatic N) is 1. The van der Waals surface area contributed by atoms with Gasteiger partial charge in [0.1, 0.15) is 11.7 Å². The van der Waals surface area contributed by atoms with E-state index in [1.807, 2.05) is 13.2 Å². The summed E-state index contributed by atoms with van der Waals surface area (Å²) in [5.74, 6) is 2.24. The minimum Gasteiger partial charge on any atom is -0.504 e. The molecule has 1 saturated heterocycles. The molecule has 4 bridgehead atoms. The number of rotatable bonds is 4. The molecule has 5 aliphatic carbocycles. The van der Waals surface area contributed by atoms with Crippen LogP contribution < -0.4 is 4.74 Å². The third kappa shape index (κ3) is 2.59. The van der Waals surface area contributed by atoms with E-state index in [4.69, 9.17) is 9.47 Å². The van der Waals surface area contributed by atoms with Gasteiger partial charge in [-0.15, -0.1) is 0 Å². The summed E-state index contributed by atoms with van der Waals surface area (Å²) < 4.78 is 13.7. The van der Waals surface area contributed by atoms with Gasteiger partial charge in [0, 0.05) is 42.0 Å². The lowest BCUT2D eigenvalue weighted by Gasteiger charge is -2.70. The lowest BCUT2D eigenvalue weighted by Crippen LogP contribution is -2.79. The number of hydrogen-bond acceptors (Lipinski definition) is 5. The van der Waals surface area contributed by atoms with Gasteiger partial charge in [0.15, 0.2) is 11.5 Å². The fraction of sp³-hybridized carbons (Fsp3) is 0.806. The molecular weight excluding hydrogens is 450 g/mol. The van der Waals surface area contributed by atoms with Crippen molar-refractivity contribution in [3.8, 4) is 11.5 Å². The molecule has 7 aliphatic rings. The third-order valence-corrected chi connectivity index (χ3v) is 12.3. The normalized spacial score (nSPS) is 44.5. The summed E-state index contributed by atoms with van der Waals surface area (Å²) in [5.41, 5.74) is 0.624. The van der Waals surface area contributed by atoms with E-state index in [0.29, 0.717) is 17.7 Å². The van der Waals surface area contributed by atoms with Crippen LogP contribution in [-0.2, 0) is 16.6 Å². The van der Waals surface area contributed by atoms with Gasteiger partial charge in [0.2, 0.25) is 0 Å². The molecule has 2 heterocycles. The standard InChI is InChI=1S/C31H45NO4/c1-18-14-29-16-22(28(5,34)27(2,3)4)31(15-18,35-6)26-30(29)11-12-32(17-19-7-8-19)23(29)13-20-9-10-21(33)25(36-26)24(20)30/h9-10,18-19,22-23,26,33-34H,7-8,11-17H2,1-6H3/t18-,22-,23-,26-,28+,29-,30+,31+/m1/s1. The van der Waals surface area contributed by atoms with Crippen molar-refractivity contribution in [2.24, 2.45) is 28.6 Å². The Morgan fingerprint density at radius 2 is 1.89 bits per heavy atom. The van der Waals surface area contributed by atoms with Crippen molar-refractivity contribution in [3.05, 3.63) is 23.3 Å². The highest BCUT2D eigenvalue weighted by atomic mass is 16.6. The zero-order valence-corrected chi connectivity index (χ0v) is 23.1. The number of phenolic OH excluding ortho intramolecular Hbond substituents is 1. The molecule has 5 heteroatoms. The van der Waals surface area contributed by atoms with Crippen LogP contribution in [0.5, 0.6) is 11.5 Å². The predicted molar refractivity (Wildman–Crippen MR) is 139 cm³/mol. The molecular formula is C31H45NO4. The monoisotopic (exact) mass is 495 g/mol. The molecule has 1 aromatic carbocycles. The number of phenols is 1. The fourth-order valence-electron chi connectivity index (χ4n) is 10.2. The highest BCUT2D eigenvalue weighted by Gasteiger charge is 2.81. The molecule has 0 aromatic heterocycles. The Bertz CT molecular complexity index is 1100. The Balaban J connectivity index is 1.52. The molecule has 4 saturated carbocycles. The van der Waals surface area contributed by atoms with Gasteiger partial charge in [-0.2, -0.15) is 0 Å². The van der Waals surface area contributed by atoms with Crippen LogP contribution in [-0.4, -0.2) is 58.7 Å². The van der Waals surface area contributed by atoms with Crippen LogP contribution >= 0.6 is 0 Å². The molecule has 2 N–H and O–H groups in total. The Hall–Kier alpha value is -1.30. The second-order valence-electron chi connectivity index (χ2n) is 14.8. The van der Waals surface area contributed by atoms with Gasteiger partial charge in [-0.3, -0.25) is 4.90 Å². The average Bonchev–Trinajstić information content (AvgIpc) is 3.57. The molecule has 2 spiro atoms. The predicted octanol–water partition coefficient (Wildman–Crippen LogP) is 5.05. The molecule has 0 radical (unpaired) electrons. The Morgan fingerprint density at radius 3 is 2.56 bits per heavy atom. The van der Waals surface area contributed by atoms with Crippen molar-refractivity contribution in [2.75, 3.05) is 20.2 Å². The first-order chi connectivity index (χ1) is 16.9. The van der Waals surface area contributed by atoms with Gasteiger partial charge in [0.25, 0.3) is 0 Å². The van der Waals surface area contributed by atoms with Crippen molar-refractivity contribution < 1.29 is 19.7 Å². The summed E-state index contributed by atoms with van der Waals surface area (Å²) in [6, 6.07) is 4.46. The van der Waals surface area contributed by atoms with Crippen LogP contribution in [0.15, 0.2) is 12.1 Å². The SMILES string of the molecule is CO[C@@]12C[C@H](C)C[C@@]3(C[C@@H]1[C@](C)(O)C(C)(C)C)[C@H]1Cc4ccc(O)c5c4[C@@]3(CCN1CC1CC1)[C@H]2O5. The third-order valence-electron chi connectivity index (χ3n) is 12.3. The lowest BCUT2D eigenvalue weighted by atomic mass is 9.38. The molecule has 5 nitrogen and oxygen atoms in total. The maximum absolute atomic E-state index is 12.4. The molecule has 5 fully saturated rings. The van der Waals surface area contributed by atoms with Gasteiger partial charge in [0.05, 0.1) is 5.60 Å². The van der Waals surface area contributed by atoms with Crippen molar-refractivity contribution in [2.45, 2.75) is 108 Å². The number of methoxy groups -OCH3 is 1. The van der Waals surface area contributed by atoms with E-state index in [9.17, 15) is 10.2 Å². The van der Waals surface area contributed by atoms with E-state index < -0.39 is 11.2 Å². The molecule has 8 rings (SSSR count). The van der Waals surface area contributed by atoms with Crippen molar-refractivity contribution in [1.82, 2.24) is 4.90 Å². The Kier molecular flexibility index (Phi) is 4.63. The number of likely N-dealkylation sites (tertiary alicyclic amines) is 1.